The number of hydrogen-bond acceptors (Lipinski definition) is 2. The van der Waals surface area contributed by atoms with Gasteiger partial charge in [0, 0.05) is 13.1 Å². The number of rotatable bonds is 6. The molecular weight excluding hydrogens is 226 g/mol. The molecule has 18 heavy (non-hydrogen) atoms. The molecule has 1 aromatic rings. The van der Waals surface area contributed by atoms with E-state index in [4.69, 9.17) is 0 Å². The van der Waals surface area contributed by atoms with Crippen LogP contribution in [0.4, 0.5) is 0 Å². The Labute approximate surface area is 109 Å². The Kier molecular flexibility index (Phi) is 4.91. The predicted molar refractivity (Wildman–Crippen MR) is 73.3 cm³/mol. The molecule has 0 saturated heterocycles. The van der Waals surface area contributed by atoms with Gasteiger partial charge in [-0.3, -0.25) is 4.79 Å². The Morgan fingerprint density at radius 1 is 1.33 bits per heavy atom. The van der Waals surface area contributed by atoms with E-state index >= 15 is 0 Å². The maximum atomic E-state index is 11.1. The fraction of sp³-hybridized carbons (Fsp3) is 0.533. The number of amides is 1. The molecular formula is C15H23NO2. The SMILES string of the molecule is Cc1ccc(C)c(CN(C=O)CCC(C)(C)O)c1. The maximum absolute atomic E-state index is 11.1. The first kappa shape index (κ1) is 14.7. The van der Waals surface area contributed by atoms with E-state index in [0.29, 0.717) is 19.5 Å². The van der Waals surface area contributed by atoms with Crippen molar-refractivity contribution < 1.29 is 9.90 Å². The van der Waals surface area contributed by atoms with Crippen LogP contribution < -0.4 is 0 Å². The highest BCUT2D eigenvalue weighted by atomic mass is 16.3. The van der Waals surface area contributed by atoms with E-state index in [1.54, 1.807) is 18.7 Å². The maximum Gasteiger partial charge on any atom is 0.210 e. The topological polar surface area (TPSA) is 40.5 Å². The first-order valence-electron chi connectivity index (χ1n) is 6.30. The van der Waals surface area contributed by atoms with Crippen molar-refractivity contribution in [1.82, 2.24) is 4.90 Å². The first-order valence-corrected chi connectivity index (χ1v) is 6.30. The van der Waals surface area contributed by atoms with Gasteiger partial charge in [-0.15, -0.1) is 0 Å². The Hall–Kier alpha value is -1.35. The Morgan fingerprint density at radius 3 is 2.56 bits per heavy atom. The fourth-order valence-corrected chi connectivity index (χ4v) is 1.78. The third-order valence-electron chi connectivity index (χ3n) is 3.04. The highest BCUT2D eigenvalue weighted by Gasteiger charge is 2.14. The van der Waals surface area contributed by atoms with Gasteiger partial charge in [-0.1, -0.05) is 23.8 Å². The molecule has 3 heteroatoms. The molecule has 0 aliphatic rings. The van der Waals surface area contributed by atoms with Gasteiger partial charge in [-0.2, -0.15) is 0 Å². The molecule has 0 atom stereocenters. The zero-order valence-electron chi connectivity index (χ0n) is 11.7. The number of aryl methyl sites for hydroxylation is 2. The molecule has 0 spiro atoms. The molecule has 0 saturated carbocycles. The minimum absolute atomic E-state index is 0.570. The average Bonchev–Trinajstić information content (AvgIpc) is 2.27. The molecule has 1 rings (SSSR count). The van der Waals surface area contributed by atoms with Crippen LogP contribution in [0.3, 0.4) is 0 Å². The van der Waals surface area contributed by atoms with Crippen LogP contribution in [-0.2, 0) is 11.3 Å². The number of aliphatic hydroxyl groups is 1. The largest absolute Gasteiger partial charge is 0.390 e. The molecule has 0 aliphatic heterocycles. The summed E-state index contributed by atoms with van der Waals surface area (Å²) in [6.07, 6.45) is 1.43. The van der Waals surface area contributed by atoms with Crippen LogP contribution in [0.1, 0.15) is 37.0 Å². The second kappa shape index (κ2) is 6.01. The second-order valence-electron chi connectivity index (χ2n) is 5.57. The van der Waals surface area contributed by atoms with Crippen molar-refractivity contribution in [3.8, 4) is 0 Å². The van der Waals surface area contributed by atoms with Gasteiger partial charge < -0.3 is 10.0 Å². The number of carbonyl (C=O) groups excluding carboxylic acids is 1. The van der Waals surface area contributed by atoms with Crippen molar-refractivity contribution in [3.05, 3.63) is 34.9 Å². The van der Waals surface area contributed by atoms with Gasteiger partial charge in [-0.05, 0) is 45.2 Å². The lowest BCUT2D eigenvalue weighted by atomic mass is 10.0. The highest BCUT2D eigenvalue weighted by molar-refractivity contribution is 5.48. The summed E-state index contributed by atoms with van der Waals surface area (Å²) in [4.78, 5) is 12.8. The number of nitrogens with zero attached hydrogens (tertiary/aromatic N) is 1. The zero-order chi connectivity index (χ0) is 13.8. The lowest BCUT2D eigenvalue weighted by Crippen LogP contribution is -2.30. The van der Waals surface area contributed by atoms with Gasteiger partial charge >= 0.3 is 0 Å². The van der Waals surface area contributed by atoms with E-state index in [0.717, 1.165) is 12.0 Å². The highest BCUT2D eigenvalue weighted by Crippen LogP contribution is 2.14. The number of carbonyl (C=O) groups is 1. The molecule has 100 valence electrons. The minimum atomic E-state index is -0.733. The van der Waals surface area contributed by atoms with Crippen molar-refractivity contribution in [2.24, 2.45) is 0 Å². The second-order valence-corrected chi connectivity index (χ2v) is 5.57. The van der Waals surface area contributed by atoms with E-state index in [-0.39, 0.29) is 0 Å². The van der Waals surface area contributed by atoms with Crippen molar-refractivity contribution in [2.75, 3.05) is 6.54 Å². The van der Waals surface area contributed by atoms with E-state index < -0.39 is 5.60 Å². The Balaban J connectivity index is 2.68. The first-order chi connectivity index (χ1) is 8.31. The summed E-state index contributed by atoms with van der Waals surface area (Å²) in [5.41, 5.74) is 2.82. The van der Waals surface area contributed by atoms with Gasteiger partial charge in [0.05, 0.1) is 5.60 Å². The van der Waals surface area contributed by atoms with E-state index in [9.17, 15) is 9.90 Å². The van der Waals surface area contributed by atoms with Crippen LogP contribution in [-0.4, -0.2) is 28.6 Å². The summed E-state index contributed by atoms with van der Waals surface area (Å²) >= 11 is 0. The van der Waals surface area contributed by atoms with Crippen LogP contribution >= 0.6 is 0 Å². The normalized spacial score (nSPS) is 11.4. The Bertz CT molecular complexity index is 407. The molecule has 1 N–H and O–H groups in total. The van der Waals surface area contributed by atoms with Crippen molar-refractivity contribution in [1.29, 1.82) is 0 Å². The van der Waals surface area contributed by atoms with Gasteiger partial charge in [-0.25, -0.2) is 0 Å². The number of hydrogen-bond donors (Lipinski definition) is 1. The summed E-state index contributed by atoms with van der Waals surface area (Å²) in [5, 5.41) is 9.68. The zero-order valence-corrected chi connectivity index (χ0v) is 11.7. The quantitative estimate of drug-likeness (QED) is 0.787. The Morgan fingerprint density at radius 2 is 2.00 bits per heavy atom. The van der Waals surface area contributed by atoms with Gasteiger partial charge in [0.2, 0.25) is 6.41 Å². The van der Waals surface area contributed by atoms with E-state index in [2.05, 4.69) is 18.2 Å². The molecule has 3 nitrogen and oxygen atoms in total. The van der Waals surface area contributed by atoms with Crippen LogP contribution in [0.2, 0.25) is 0 Å². The van der Waals surface area contributed by atoms with Crippen LogP contribution in [0.25, 0.3) is 0 Å². The summed E-state index contributed by atoms with van der Waals surface area (Å²) in [6.45, 7) is 8.79. The molecule has 0 radical (unpaired) electrons. The van der Waals surface area contributed by atoms with Gasteiger partial charge in [0.1, 0.15) is 0 Å². The molecule has 0 heterocycles. The summed E-state index contributed by atoms with van der Waals surface area (Å²) < 4.78 is 0. The average molecular weight is 249 g/mol. The predicted octanol–water partition coefficient (Wildman–Crippen LogP) is 2.42. The molecule has 0 aliphatic carbocycles. The third kappa shape index (κ3) is 4.88. The molecule has 0 bridgehead atoms. The molecule has 0 unspecified atom stereocenters. The molecule has 1 aromatic carbocycles. The molecule has 0 aromatic heterocycles. The third-order valence-corrected chi connectivity index (χ3v) is 3.04. The van der Waals surface area contributed by atoms with Crippen LogP contribution in [0.5, 0.6) is 0 Å². The van der Waals surface area contributed by atoms with Crippen LogP contribution in [0.15, 0.2) is 18.2 Å². The van der Waals surface area contributed by atoms with Gasteiger partial charge in [0.25, 0.3) is 0 Å². The van der Waals surface area contributed by atoms with Gasteiger partial charge in [0.15, 0.2) is 0 Å². The molecule has 0 fully saturated rings. The van der Waals surface area contributed by atoms with Crippen LogP contribution in [0, 0.1) is 13.8 Å². The summed E-state index contributed by atoms with van der Waals surface area (Å²) in [6, 6.07) is 6.25. The van der Waals surface area contributed by atoms with Crippen molar-refractivity contribution in [2.45, 2.75) is 46.3 Å². The lowest BCUT2D eigenvalue weighted by molar-refractivity contribution is -0.119. The molecule has 1 amide bonds. The summed E-state index contributed by atoms with van der Waals surface area (Å²) in [5.74, 6) is 0. The van der Waals surface area contributed by atoms with Crippen molar-refractivity contribution >= 4 is 6.41 Å². The number of benzene rings is 1. The monoisotopic (exact) mass is 249 g/mol. The van der Waals surface area contributed by atoms with E-state index in [1.165, 1.54) is 11.1 Å². The smallest absolute Gasteiger partial charge is 0.210 e. The van der Waals surface area contributed by atoms with Crippen molar-refractivity contribution in [3.63, 3.8) is 0 Å². The standard InChI is InChI=1S/C15H23NO2/c1-12-5-6-13(2)14(9-12)10-16(11-17)8-7-15(3,4)18/h5-6,9,11,18H,7-8,10H2,1-4H3. The fourth-order valence-electron chi connectivity index (χ4n) is 1.78. The van der Waals surface area contributed by atoms with E-state index in [1.807, 2.05) is 13.8 Å². The summed E-state index contributed by atoms with van der Waals surface area (Å²) in [7, 11) is 0. The lowest BCUT2D eigenvalue weighted by Gasteiger charge is -2.23. The minimum Gasteiger partial charge on any atom is -0.390 e.